The summed E-state index contributed by atoms with van der Waals surface area (Å²) in [6.07, 6.45) is 4.97. The van der Waals surface area contributed by atoms with Gasteiger partial charge in [-0.05, 0) is 50.6 Å². The van der Waals surface area contributed by atoms with Crippen molar-refractivity contribution in [3.63, 3.8) is 0 Å². The van der Waals surface area contributed by atoms with Crippen LogP contribution in [0, 0.1) is 13.8 Å². The predicted molar refractivity (Wildman–Crippen MR) is 109 cm³/mol. The molecule has 0 unspecified atom stereocenters. The van der Waals surface area contributed by atoms with E-state index in [0.717, 1.165) is 16.9 Å². The third kappa shape index (κ3) is 3.97. The van der Waals surface area contributed by atoms with Gasteiger partial charge in [0.1, 0.15) is 0 Å². The highest BCUT2D eigenvalue weighted by Crippen LogP contribution is 2.21. The van der Waals surface area contributed by atoms with Crippen LogP contribution in [0.25, 0.3) is 5.69 Å². The summed E-state index contributed by atoms with van der Waals surface area (Å²) in [6.45, 7) is 7.43. The predicted octanol–water partition coefficient (Wildman–Crippen LogP) is 2.56. The number of carbonyl (C=O) groups is 1. The van der Waals surface area contributed by atoms with Gasteiger partial charge in [0.15, 0.2) is 5.82 Å². The van der Waals surface area contributed by atoms with E-state index in [2.05, 4.69) is 15.2 Å². The van der Waals surface area contributed by atoms with Crippen LogP contribution in [0.5, 0.6) is 0 Å². The molecular formula is C21H24N6O2. The van der Waals surface area contributed by atoms with Gasteiger partial charge in [-0.1, -0.05) is 11.6 Å². The highest BCUT2D eigenvalue weighted by molar-refractivity contribution is 5.98. The second kappa shape index (κ2) is 8.00. The van der Waals surface area contributed by atoms with Crippen molar-refractivity contribution in [1.82, 2.24) is 24.9 Å². The van der Waals surface area contributed by atoms with Crippen LogP contribution in [-0.4, -0.2) is 56.5 Å². The summed E-state index contributed by atoms with van der Waals surface area (Å²) < 4.78 is 0. The van der Waals surface area contributed by atoms with Gasteiger partial charge in [0.2, 0.25) is 0 Å². The fraction of sp³-hybridized carbons (Fsp3) is 0.333. The molecule has 4 rings (SSSR count). The van der Waals surface area contributed by atoms with E-state index in [0.29, 0.717) is 30.9 Å². The Bertz CT molecular complexity index is 1000. The molecule has 1 aliphatic rings. The molecule has 1 amide bonds. The number of nitrogens with zero attached hydrogens (tertiary/aromatic N) is 6. The Morgan fingerprint density at radius 3 is 2.55 bits per heavy atom. The topological polar surface area (TPSA) is 76.4 Å². The van der Waals surface area contributed by atoms with Crippen LogP contribution in [-0.2, 0) is 4.84 Å². The standard InChI is InChI=1S/C21H24N6O2/c1-15-4-5-19(27-23-8-9-24-27)18(12-15)21(28)25-10-11-26(29-14-17(25)3)20-13-16(2)6-7-22-20/h4-9,12-13,17H,10-11,14H2,1-3H3/t17-/m1/s1. The zero-order chi connectivity index (χ0) is 20.4. The number of rotatable bonds is 3. The second-order valence-electron chi connectivity index (χ2n) is 7.28. The third-order valence-electron chi connectivity index (χ3n) is 4.98. The van der Waals surface area contributed by atoms with Crippen molar-refractivity contribution in [2.75, 3.05) is 24.8 Å². The van der Waals surface area contributed by atoms with Gasteiger partial charge in [-0.2, -0.15) is 15.0 Å². The number of anilines is 1. The lowest BCUT2D eigenvalue weighted by atomic mass is 10.1. The molecule has 0 N–H and O–H groups in total. The van der Waals surface area contributed by atoms with Crippen molar-refractivity contribution in [3.8, 4) is 5.69 Å². The van der Waals surface area contributed by atoms with Crippen LogP contribution in [0.3, 0.4) is 0 Å². The molecule has 1 saturated heterocycles. The molecule has 150 valence electrons. The fourth-order valence-electron chi connectivity index (χ4n) is 3.40. The van der Waals surface area contributed by atoms with Crippen molar-refractivity contribution >= 4 is 11.7 Å². The van der Waals surface area contributed by atoms with E-state index in [4.69, 9.17) is 4.84 Å². The fourth-order valence-corrected chi connectivity index (χ4v) is 3.40. The van der Waals surface area contributed by atoms with E-state index in [1.807, 2.05) is 56.0 Å². The van der Waals surface area contributed by atoms with Gasteiger partial charge in [0.05, 0.1) is 42.8 Å². The lowest BCUT2D eigenvalue weighted by Crippen LogP contribution is -2.41. The highest BCUT2D eigenvalue weighted by Gasteiger charge is 2.29. The summed E-state index contributed by atoms with van der Waals surface area (Å²) in [6, 6.07) is 9.56. The van der Waals surface area contributed by atoms with Gasteiger partial charge in [-0.3, -0.25) is 9.63 Å². The van der Waals surface area contributed by atoms with Gasteiger partial charge in [-0.15, -0.1) is 0 Å². The average molecular weight is 392 g/mol. The molecule has 1 atom stereocenters. The first kappa shape index (κ1) is 19.1. The second-order valence-corrected chi connectivity index (χ2v) is 7.28. The van der Waals surface area contributed by atoms with Crippen LogP contribution < -0.4 is 5.06 Å². The Morgan fingerprint density at radius 1 is 1.03 bits per heavy atom. The first-order valence-electron chi connectivity index (χ1n) is 9.64. The van der Waals surface area contributed by atoms with Crippen LogP contribution in [0.4, 0.5) is 5.82 Å². The lowest BCUT2D eigenvalue weighted by molar-refractivity contribution is 0.0599. The molecule has 3 aromatic rings. The molecule has 8 nitrogen and oxygen atoms in total. The van der Waals surface area contributed by atoms with Gasteiger partial charge in [0, 0.05) is 12.7 Å². The molecule has 3 heterocycles. The smallest absolute Gasteiger partial charge is 0.256 e. The number of hydrogen-bond acceptors (Lipinski definition) is 6. The maximum absolute atomic E-state index is 13.5. The Kier molecular flexibility index (Phi) is 5.26. The van der Waals surface area contributed by atoms with E-state index < -0.39 is 0 Å². The Hall–Kier alpha value is -3.26. The molecule has 0 aliphatic carbocycles. The average Bonchev–Trinajstić information content (AvgIpc) is 3.17. The molecule has 0 saturated carbocycles. The van der Waals surface area contributed by atoms with Gasteiger partial charge in [0.25, 0.3) is 5.91 Å². The maximum Gasteiger partial charge on any atom is 0.256 e. The molecule has 1 aromatic carbocycles. The number of hydrogen-bond donors (Lipinski definition) is 0. The largest absolute Gasteiger partial charge is 0.332 e. The van der Waals surface area contributed by atoms with Gasteiger partial charge in [-0.25, -0.2) is 10.0 Å². The molecular weight excluding hydrogens is 368 g/mol. The van der Waals surface area contributed by atoms with E-state index in [-0.39, 0.29) is 11.9 Å². The molecule has 29 heavy (non-hydrogen) atoms. The van der Waals surface area contributed by atoms with Crippen molar-refractivity contribution in [2.45, 2.75) is 26.8 Å². The van der Waals surface area contributed by atoms with E-state index in [1.54, 1.807) is 23.7 Å². The molecule has 1 aliphatic heterocycles. The van der Waals surface area contributed by atoms with Crippen LogP contribution in [0.15, 0.2) is 48.9 Å². The third-order valence-corrected chi connectivity index (χ3v) is 4.98. The van der Waals surface area contributed by atoms with Crippen LogP contribution in [0.1, 0.15) is 28.4 Å². The first-order valence-corrected chi connectivity index (χ1v) is 9.64. The number of aromatic nitrogens is 4. The SMILES string of the molecule is Cc1ccnc(N2CCN(C(=O)c3cc(C)ccc3-n3nccn3)[C@H](C)CO2)c1. The summed E-state index contributed by atoms with van der Waals surface area (Å²) in [7, 11) is 0. The maximum atomic E-state index is 13.5. The zero-order valence-corrected chi connectivity index (χ0v) is 16.8. The van der Waals surface area contributed by atoms with Crippen molar-refractivity contribution < 1.29 is 9.63 Å². The minimum Gasteiger partial charge on any atom is -0.332 e. The number of pyridine rings is 1. The summed E-state index contributed by atoms with van der Waals surface area (Å²) in [5.41, 5.74) is 3.36. The van der Waals surface area contributed by atoms with E-state index in [1.165, 1.54) is 4.80 Å². The van der Waals surface area contributed by atoms with Crippen LogP contribution >= 0.6 is 0 Å². The molecule has 0 radical (unpaired) electrons. The van der Waals surface area contributed by atoms with E-state index >= 15 is 0 Å². The molecule has 1 fully saturated rings. The monoisotopic (exact) mass is 392 g/mol. The minimum absolute atomic E-state index is 0.0591. The van der Waals surface area contributed by atoms with Crippen molar-refractivity contribution in [3.05, 3.63) is 65.6 Å². The Balaban J connectivity index is 1.60. The van der Waals surface area contributed by atoms with Crippen molar-refractivity contribution in [2.24, 2.45) is 0 Å². The first-order chi connectivity index (χ1) is 14.0. The Morgan fingerprint density at radius 2 is 1.79 bits per heavy atom. The summed E-state index contributed by atoms with van der Waals surface area (Å²) >= 11 is 0. The van der Waals surface area contributed by atoms with Crippen LogP contribution in [0.2, 0.25) is 0 Å². The Labute approximate surface area is 169 Å². The quantitative estimate of drug-likeness (QED) is 0.682. The molecule has 0 bridgehead atoms. The number of carbonyl (C=O) groups excluding carboxylic acids is 1. The summed E-state index contributed by atoms with van der Waals surface area (Å²) in [5.74, 6) is 0.694. The summed E-state index contributed by atoms with van der Waals surface area (Å²) in [4.78, 5) is 27.2. The number of aryl methyl sites for hydroxylation is 2. The van der Waals surface area contributed by atoms with Crippen molar-refractivity contribution in [1.29, 1.82) is 0 Å². The number of benzene rings is 1. The number of hydroxylamine groups is 1. The molecule has 0 spiro atoms. The highest BCUT2D eigenvalue weighted by atomic mass is 16.7. The van der Waals surface area contributed by atoms with Gasteiger partial charge < -0.3 is 4.90 Å². The zero-order valence-electron chi connectivity index (χ0n) is 16.8. The summed E-state index contributed by atoms with van der Waals surface area (Å²) in [5, 5.41) is 10.2. The normalized spacial score (nSPS) is 17.3. The van der Waals surface area contributed by atoms with Gasteiger partial charge >= 0.3 is 0 Å². The molecule has 2 aromatic heterocycles. The lowest BCUT2D eigenvalue weighted by Gasteiger charge is -2.26. The molecule has 8 heteroatoms. The van der Waals surface area contributed by atoms with E-state index in [9.17, 15) is 4.79 Å². The minimum atomic E-state index is -0.0868. The number of amides is 1.